The molecule has 2 rings (SSSR count). The molecular weight excluding hydrogens is 370 g/mol. The average Bonchev–Trinajstić information content (AvgIpc) is 3.20. The number of likely N-dealkylation sites (N-methyl/N-ethyl adjacent to an activating group) is 1. The van der Waals surface area contributed by atoms with Crippen molar-refractivity contribution in [3.63, 3.8) is 0 Å². The molecule has 0 saturated carbocycles. The Bertz CT molecular complexity index is 770. The summed E-state index contributed by atoms with van der Waals surface area (Å²) in [4.78, 5) is 27.4. The molecule has 2 atom stereocenters. The molecule has 7 heteroatoms. The number of carbonyl (C=O) groups excluding carboxylic acids is 2. The summed E-state index contributed by atoms with van der Waals surface area (Å²) in [5.74, 6) is 0.891. The maximum atomic E-state index is 12.8. The van der Waals surface area contributed by atoms with Crippen LogP contribution in [0.1, 0.15) is 42.9 Å². The second kappa shape index (κ2) is 10.7. The maximum Gasteiger partial charge on any atom is 0.251 e. The van der Waals surface area contributed by atoms with Crippen LogP contribution in [0.4, 0.5) is 0 Å². The first-order valence-electron chi connectivity index (χ1n) is 9.84. The van der Waals surface area contributed by atoms with Crippen molar-refractivity contribution in [1.29, 1.82) is 0 Å². The third kappa shape index (κ3) is 6.35. The molecule has 2 N–H and O–H groups in total. The van der Waals surface area contributed by atoms with Gasteiger partial charge in [-0.15, -0.1) is 0 Å². The van der Waals surface area contributed by atoms with Crippen LogP contribution in [0.25, 0.3) is 0 Å². The highest BCUT2D eigenvalue weighted by molar-refractivity contribution is 5.97. The van der Waals surface area contributed by atoms with Gasteiger partial charge in [-0.3, -0.25) is 14.5 Å². The SMILES string of the molecule is CCOc1ccc(C(=O)NC(C(=O)NCC(c2ccco2)N(C)C)C(C)C)cc1. The first-order valence-corrected chi connectivity index (χ1v) is 9.84. The van der Waals surface area contributed by atoms with Crippen LogP contribution in [0.3, 0.4) is 0 Å². The molecule has 0 radical (unpaired) electrons. The van der Waals surface area contributed by atoms with Crippen LogP contribution in [-0.2, 0) is 4.79 Å². The molecule has 2 amide bonds. The van der Waals surface area contributed by atoms with Gasteiger partial charge in [-0.25, -0.2) is 0 Å². The largest absolute Gasteiger partial charge is 0.494 e. The molecule has 1 aromatic carbocycles. The van der Waals surface area contributed by atoms with Crippen molar-refractivity contribution in [2.45, 2.75) is 32.9 Å². The molecular formula is C22H31N3O4. The van der Waals surface area contributed by atoms with E-state index in [-0.39, 0.29) is 23.8 Å². The third-order valence-corrected chi connectivity index (χ3v) is 4.63. The second-order valence-corrected chi connectivity index (χ2v) is 7.39. The number of hydrogen-bond acceptors (Lipinski definition) is 5. The van der Waals surface area contributed by atoms with E-state index in [1.807, 2.05) is 51.9 Å². The molecule has 0 aliphatic carbocycles. The standard InChI is InChI=1S/C22H31N3O4/c1-6-28-17-11-9-16(10-12-17)21(26)24-20(15(2)3)22(27)23-14-18(25(4)5)19-8-7-13-29-19/h7-13,15,18,20H,6,14H2,1-5H3,(H,23,27)(H,24,26). The van der Waals surface area contributed by atoms with Gasteiger partial charge in [-0.2, -0.15) is 0 Å². The van der Waals surface area contributed by atoms with Crippen LogP contribution in [0, 0.1) is 5.92 Å². The summed E-state index contributed by atoms with van der Waals surface area (Å²) in [5, 5.41) is 5.78. The molecule has 158 valence electrons. The van der Waals surface area contributed by atoms with Crippen molar-refractivity contribution in [3.05, 3.63) is 54.0 Å². The number of rotatable bonds is 10. The smallest absolute Gasteiger partial charge is 0.251 e. The van der Waals surface area contributed by atoms with Crippen LogP contribution in [0.5, 0.6) is 5.75 Å². The van der Waals surface area contributed by atoms with Gasteiger partial charge in [-0.05, 0) is 63.3 Å². The molecule has 0 bridgehead atoms. The van der Waals surface area contributed by atoms with Gasteiger partial charge in [0.25, 0.3) is 5.91 Å². The molecule has 2 aromatic rings. The average molecular weight is 402 g/mol. The fourth-order valence-corrected chi connectivity index (χ4v) is 2.95. The van der Waals surface area contributed by atoms with Gasteiger partial charge in [-0.1, -0.05) is 13.8 Å². The third-order valence-electron chi connectivity index (χ3n) is 4.63. The zero-order chi connectivity index (χ0) is 21.4. The fourth-order valence-electron chi connectivity index (χ4n) is 2.95. The van der Waals surface area contributed by atoms with Crippen LogP contribution < -0.4 is 15.4 Å². The molecule has 0 aliphatic heterocycles. The first kappa shape index (κ1) is 22.5. The van der Waals surface area contributed by atoms with Crippen LogP contribution in [-0.4, -0.2) is 50.0 Å². The highest BCUT2D eigenvalue weighted by Crippen LogP contribution is 2.18. The van der Waals surface area contributed by atoms with E-state index in [0.717, 1.165) is 5.76 Å². The Labute approximate surface area is 172 Å². The number of benzene rings is 1. The lowest BCUT2D eigenvalue weighted by molar-refractivity contribution is -0.124. The summed E-state index contributed by atoms with van der Waals surface area (Å²) < 4.78 is 10.9. The molecule has 0 saturated heterocycles. The molecule has 0 spiro atoms. The molecule has 7 nitrogen and oxygen atoms in total. The summed E-state index contributed by atoms with van der Waals surface area (Å²) >= 11 is 0. The monoisotopic (exact) mass is 401 g/mol. The normalized spacial score (nSPS) is 13.2. The zero-order valence-corrected chi connectivity index (χ0v) is 17.8. The van der Waals surface area contributed by atoms with Crippen LogP contribution in [0.2, 0.25) is 0 Å². The quantitative estimate of drug-likeness (QED) is 0.640. The minimum atomic E-state index is -0.645. The van der Waals surface area contributed by atoms with Gasteiger partial charge in [0.2, 0.25) is 5.91 Å². The van der Waals surface area contributed by atoms with Crippen molar-refractivity contribution in [1.82, 2.24) is 15.5 Å². The van der Waals surface area contributed by atoms with Crippen LogP contribution >= 0.6 is 0 Å². The number of furan rings is 1. The van der Waals surface area contributed by atoms with Gasteiger partial charge in [0.05, 0.1) is 18.9 Å². The number of carbonyl (C=O) groups is 2. The molecule has 2 unspecified atom stereocenters. The second-order valence-electron chi connectivity index (χ2n) is 7.39. The Morgan fingerprint density at radius 3 is 2.34 bits per heavy atom. The Kier molecular flexibility index (Phi) is 8.27. The van der Waals surface area contributed by atoms with E-state index in [0.29, 0.717) is 24.5 Å². The molecule has 0 aliphatic rings. The van der Waals surface area contributed by atoms with Crippen molar-refractivity contribution >= 4 is 11.8 Å². The zero-order valence-electron chi connectivity index (χ0n) is 17.8. The lowest BCUT2D eigenvalue weighted by Gasteiger charge is -2.26. The molecule has 1 aromatic heterocycles. The predicted octanol–water partition coefficient (Wildman–Crippen LogP) is 2.85. The van der Waals surface area contributed by atoms with E-state index in [1.54, 1.807) is 30.5 Å². The topological polar surface area (TPSA) is 83.8 Å². The summed E-state index contributed by atoms with van der Waals surface area (Å²) in [7, 11) is 3.85. The van der Waals surface area contributed by atoms with Crippen molar-refractivity contribution < 1.29 is 18.7 Å². The van der Waals surface area contributed by atoms with Gasteiger partial charge >= 0.3 is 0 Å². The lowest BCUT2D eigenvalue weighted by Crippen LogP contribution is -2.51. The number of nitrogens with zero attached hydrogens (tertiary/aromatic N) is 1. The highest BCUT2D eigenvalue weighted by Gasteiger charge is 2.26. The summed E-state index contributed by atoms with van der Waals surface area (Å²) in [5.41, 5.74) is 0.480. The maximum absolute atomic E-state index is 12.8. The number of hydrogen-bond donors (Lipinski definition) is 2. The Hall–Kier alpha value is -2.80. The lowest BCUT2D eigenvalue weighted by atomic mass is 10.0. The summed E-state index contributed by atoms with van der Waals surface area (Å²) in [6, 6.07) is 9.83. The van der Waals surface area contributed by atoms with Crippen molar-refractivity contribution in [3.8, 4) is 5.75 Å². The fraction of sp³-hybridized carbons (Fsp3) is 0.455. The van der Waals surface area contributed by atoms with Gasteiger partial charge in [0.15, 0.2) is 0 Å². The highest BCUT2D eigenvalue weighted by atomic mass is 16.5. The van der Waals surface area contributed by atoms with Crippen molar-refractivity contribution in [2.24, 2.45) is 5.92 Å². The van der Waals surface area contributed by atoms with Gasteiger partial charge in [0, 0.05) is 12.1 Å². The van der Waals surface area contributed by atoms with E-state index in [9.17, 15) is 9.59 Å². The first-order chi connectivity index (χ1) is 13.8. The van der Waals surface area contributed by atoms with Gasteiger partial charge < -0.3 is 19.8 Å². The van der Waals surface area contributed by atoms with E-state index in [4.69, 9.17) is 9.15 Å². The minimum Gasteiger partial charge on any atom is -0.494 e. The van der Waals surface area contributed by atoms with Crippen LogP contribution in [0.15, 0.2) is 47.1 Å². The molecule has 29 heavy (non-hydrogen) atoms. The summed E-state index contributed by atoms with van der Waals surface area (Å²) in [6.07, 6.45) is 1.61. The number of nitrogens with one attached hydrogen (secondary N) is 2. The van der Waals surface area contributed by atoms with Gasteiger partial charge in [0.1, 0.15) is 17.6 Å². The Balaban J connectivity index is 2.00. The Morgan fingerprint density at radius 2 is 1.83 bits per heavy atom. The number of ether oxygens (including phenoxy) is 1. The number of amides is 2. The van der Waals surface area contributed by atoms with Crippen molar-refractivity contribution in [2.75, 3.05) is 27.2 Å². The summed E-state index contributed by atoms with van der Waals surface area (Å²) in [6.45, 7) is 6.64. The van der Waals surface area contributed by atoms with E-state index in [2.05, 4.69) is 10.6 Å². The minimum absolute atomic E-state index is 0.0666. The van der Waals surface area contributed by atoms with E-state index >= 15 is 0 Å². The predicted molar refractivity (Wildman–Crippen MR) is 112 cm³/mol. The van der Waals surface area contributed by atoms with E-state index < -0.39 is 6.04 Å². The Morgan fingerprint density at radius 1 is 1.14 bits per heavy atom. The molecule has 1 heterocycles. The molecule has 0 fully saturated rings. The van der Waals surface area contributed by atoms with E-state index in [1.165, 1.54) is 0 Å².